The number of imidazole rings is 1. The summed E-state index contributed by atoms with van der Waals surface area (Å²) in [5, 5.41) is 14.9. The molecule has 1 saturated heterocycles. The van der Waals surface area contributed by atoms with Gasteiger partial charge in [-0.2, -0.15) is 13.9 Å². The summed E-state index contributed by atoms with van der Waals surface area (Å²) in [4.78, 5) is 27.9. The van der Waals surface area contributed by atoms with E-state index in [1.807, 2.05) is 11.0 Å². The van der Waals surface area contributed by atoms with Crippen molar-refractivity contribution in [2.24, 2.45) is 4.99 Å². The predicted molar refractivity (Wildman–Crippen MR) is 131 cm³/mol. The normalized spacial score (nSPS) is 18.2. The van der Waals surface area contributed by atoms with Gasteiger partial charge in [0.25, 0.3) is 0 Å². The second-order valence-corrected chi connectivity index (χ2v) is 10.9. The van der Waals surface area contributed by atoms with Crippen molar-refractivity contribution in [3.63, 3.8) is 0 Å². The lowest BCUT2D eigenvalue weighted by molar-refractivity contribution is 0.383. The fourth-order valence-corrected chi connectivity index (χ4v) is 5.68. The second-order valence-electron chi connectivity index (χ2n) is 9.00. The maximum Gasteiger partial charge on any atom is 0.326 e. The zero-order valence-electron chi connectivity index (χ0n) is 19.5. The molecule has 3 N–H and O–H groups in total. The molecule has 0 bridgehead atoms. The van der Waals surface area contributed by atoms with E-state index in [-0.39, 0.29) is 35.6 Å². The number of sulfonamides is 1. The van der Waals surface area contributed by atoms with E-state index in [1.165, 1.54) is 16.4 Å². The molecule has 6 rings (SSSR count). The van der Waals surface area contributed by atoms with Gasteiger partial charge in [0, 0.05) is 37.5 Å². The molecule has 1 saturated carbocycles. The fraction of sp³-hybridized carbons (Fsp3) is 0.304. The van der Waals surface area contributed by atoms with E-state index in [9.17, 15) is 22.7 Å². The Bertz CT molecular complexity index is 1770. The van der Waals surface area contributed by atoms with Gasteiger partial charge in [-0.3, -0.25) is 9.98 Å². The topological polar surface area (TPSA) is 152 Å². The van der Waals surface area contributed by atoms with E-state index in [0.717, 1.165) is 25.0 Å². The van der Waals surface area contributed by atoms with E-state index in [4.69, 9.17) is 9.98 Å². The molecule has 0 spiro atoms. The van der Waals surface area contributed by atoms with Crippen molar-refractivity contribution in [3.8, 4) is 5.88 Å². The van der Waals surface area contributed by atoms with Crippen LogP contribution in [0.25, 0.3) is 11.7 Å². The van der Waals surface area contributed by atoms with Gasteiger partial charge in [0.05, 0.1) is 17.1 Å². The standard InChI is InChI=1S/C23H23FN8O4S/c24-15-1-5-17(6-2-15)37(35,36)31-9-7-30(8-10-31)19-12-20(26-16-3-4-16)32-21(28-19)14(13-25-32)11-18-22(33)29-23(34)27-18/h1-2,5-6,11-13,16,33H,3-4,7-10H2,(H2,27,29,34). The zero-order chi connectivity index (χ0) is 25.7. The summed E-state index contributed by atoms with van der Waals surface area (Å²) in [6, 6.07) is 6.86. The number of hydrogen-bond acceptors (Lipinski definition) is 8. The van der Waals surface area contributed by atoms with Gasteiger partial charge in [-0.05, 0) is 43.2 Å². The highest BCUT2D eigenvalue weighted by atomic mass is 32.2. The third kappa shape index (κ3) is 4.49. The van der Waals surface area contributed by atoms with Crippen LogP contribution in [0.1, 0.15) is 18.5 Å². The van der Waals surface area contributed by atoms with Crippen LogP contribution in [-0.2, 0) is 10.0 Å². The molecule has 14 heteroatoms. The minimum absolute atomic E-state index is 0.0536. The lowest BCUT2D eigenvalue weighted by Crippen LogP contribution is -2.49. The summed E-state index contributed by atoms with van der Waals surface area (Å²) in [6.45, 7) is 1.26. The summed E-state index contributed by atoms with van der Waals surface area (Å²) < 4.78 is 42.3. The van der Waals surface area contributed by atoms with Crippen molar-refractivity contribution in [1.82, 2.24) is 28.9 Å². The van der Waals surface area contributed by atoms with Crippen molar-refractivity contribution in [2.75, 3.05) is 31.1 Å². The van der Waals surface area contributed by atoms with Crippen molar-refractivity contribution in [1.29, 1.82) is 0 Å². The van der Waals surface area contributed by atoms with Crippen LogP contribution in [0.4, 0.5) is 10.2 Å². The molecule has 2 fully saturated rings. The highest BCUT2D eigenvalue weighted by Crippen LogP contribution is 2.23. The first kappa shape index (κ1) is 23.4. The van der Waals surface area contributed by atoms with E-state index < -0.39 is 21.5 Å². The summed E-state index contributed by atoms with van der Waals surface area (Å²) in [6.07, 6.45) is 5.14. The Morgan fingerprint density at radius 1 is 1.11 bits per heavy atom. The van der Waals surface area contributed by atoms with Gasteiger partial charge in [0.2, 0.25) is 15.9 Å². The van der Waals surface area contributed by atoms with Gasteiger partial charge in [0.15, 0.2) is 11.1 Å². The Balaban J connectivity index is 1.34. The molecule has 0 unspecified atom stereocenters. The third-order valence-electron chi connectivity index (χ3n) is 6.38. The smallest absolute Gasteiger partial charge is 0.326 e. The third-order valence-corrected chi connectivity index (χ3v) is 8.29. The van der Waals surface area contributed by atoms with Crippen LogP contribution in [0.15, 0.2) is 51.2 Å². The first-order valence-corrected chi connectivity index (χ1v) is 13.2. The lowest BCUT2D eigenvalue weighted by Gasteiger charge is -2.34. The van der Waals surface area contributed by atoms with Gasteiger partial charge >= 0.3 is 5.69 Å². The van der Waals surface area contributed by atoms with Gasteiger partial charge in [0.1, 0.15) is 17.3 Å². The van der Waals surface area contributed by atoms with Crippen molar-refractivity contribution in [3.05, 3.63) is 69.2 Å². The summed E-state index contributed by atoms with van der Waals surface area (Å²) in [5.74, 6) is -0.165. The number of aromatic hydroxyl groups is 1. The monoisotopic (exact) mass is 526 g/mol. The minimum Gasteiger partial charge on any atom is -0.493 e. The summed E-state index contributed by atoms with van der Waals surface area (Å²) in [7, 11) is -3.74. The Labute approximate surface area is 209 Å². The number of anilines is 1. The molecule has 4 aromatic rings. The molecule has 0 atom stereocenters. The number of aromatic amines is 2. The molecule has 1 aromatic carbocycles. The Hall–Kier alpha value is -4.04. The quantitative estimate of drug-likeness (QED) is 0.323. The first-order valence-electron chi connectivity index (χ1n) is 11.7. The molecular weight excluding hydrogens is 503 g/mol. The van der Waals surface area contributed by atoms with Crippen LogP contribution >= 0.6 is 0 Å². The number of nitrogens with one attached hydrogen (secondary N) is 2. The first-order chi connectivity index (χ1) is 17.8. The minimum atomic E-state index is -3.74. The van der Waals surface area contributed by atoms with E-state index in [0.29, 0.717) is 35.3 Å². The second kappa shape index (κ2) is 8.81. The van der Waals surface area contributed by atoms with Crippen LogP contribution in [0.2, 0.25) is 0 Å². The molecule has 4 heterocycles. The van der Waals surface area contributed by atoms with E-state index in [2.05, 4.69) is 15.1 Å². The molecule has 37 heavy (non-hydrogen) atoms. The number of halogens is 1. The zero-order valence-corrected chi connectivity index (χ0v) is 20.3. The number of hydrogen-bond donors (Lipinski definition) is 3. The number of rotatable bonds is 5. The summed E-state index contributed by atoms with van der Waals surface area (Å²) >= 11 is 0. The number of nitrogens with zero attached hydrogens (tertiary/aromatic N) is 6. The van der Waals surface area contributed by atoms with Gasteiger partial charge in [-0.25, -0.2) is 22.6 Å². The van der Waals surface area contributed by atoms with Crippen LogP contribution in [-0.4, -0.2) is 74.6 Å². The molecule has 192 valence electrons. The molecule has 1 aliphatic heterocycles. The Morgan fingerprint density at radius 2 is 1.84 bits per heavy atom. The number of aromatic nitrogens is 5. The van der Waals surface area contributed by atoms with Crippen molar-refractivity contribution in [2.45, 2.75) is 23.8 Å². The molecular formula is C23H23FN8O4S. The highest BCUT2D eigenvalue weighted by Gasteiger charge is 2.29. The maximum atomic E-state index is 13.3. The molecule has 2 aliphatic rings. The number of piperazine rings is 1. The van der Waals surface area contributed by atoms with Crippen LogP contribution in [0.5, 0.6) is 5.88 Å². The fourth-order valence-electron chi connectivity index (χ4n) is 4.26. The van der Waals surface area contributed by atoms with Crippen LogP contribution in [0, 0.1) is 5.82 Å². The van der Waals surface area contributed by atoms with Crippen molar-refractivity contribution >= 4 is 27.6 Å². The Kier molecular flexibility index (Phi) is 5.56. The SMILES string of the molecule is O=c1[nH]c(O)c(C=c2cnn3c(=NC4CC4)cc(N4CCN(S(=O)(=O)c5ccc(F)cc5)CC4)nc23)[nH]1. The van der Waals surface area contributed by atoms with Gasteiger partial charge in [-0.15, -0.1) is 0 Å². The number of fused-ring (bicyclic) bond motifs is 1. The average molecular weight is 527 g/mol. The summed E-state index contributed by atoms with van der Waals surface area (Å²) in [5.41, 5.74) is 0.772. The van der Waals surface area contributed by atoms with Gasteiger partial charge < -0.3 is 15.0 Å². The largest absolute Gasteiger partial charge is 0.493 e. The average Bonchev–Trinajstić information content (AvgIpc) is 3.52. The molecule has 0 amide bonds. The highest BCUT2D eigenvalue weighted by molar-refractivity contribution is 7.89. The van der Waals surface area contributed by atoms with Crippen molar-refractivity contribution < 1.29 is 17.9 Å². The lowest BCUT2D eigenvalue weighted by atomic mass is 10.3. The number of benzene rings is 1. The molecule has 1 aliphatic carbocycles. The molecule has 3 aromatic heterocycles. The van der Waals surface area contributed by atoms with Crippen LogP contribution < -0.4 is 21.3 Å². The molecule has 0 radical (unpaired) electrons. The maximum absolute atomic E-state index is 13.3. The number of H-pyrrole nitrogens is 2. The Morgan fingerprint density at radius 3 is 2.49 bits per heavy atom. The van der Waals surface area contributed by atoms with Gasteiger partial charge in [-0.1, -0.05) is 0 Å². The van der Waals surface area contributed by atoms with E-state index in [1.54, 1.807) is 16.8 Å². The predicted octanol–water partition coefficient (Wildman–Crippen LogP) is -0.288. The van der Waals surface area contributed by atoms with Crippen LogP contribution in [0.3, 0.4) is 0 Å². The van der Waals surface area contributed by atoms with E-state index >= 15 is 0 Å². The molecule has 12 nitrogen and oxygen atoms in total.